The SMILES string of the molecule is Cc1cccc(CC(=O)N2CCN(CCC(C)C)CC2)c1. The minimum absolute atomic E-state index is 0.268. The Morgan fingerprint density at radius 1 is 1.19 bits per heavy atom. The van der Waals surface area contributed by atoms with Crippen molar-refractivity contribution in [1.29, 1.82) is 0 Å². The van der Waals surface area contributed by atoms with Gasteiger partial charge in [0.2, 0.25) is 5.91 Å². The highest BCUT2D eigenvalue weighted by molar-refractivity contribution is 5.78. The Bertz CT molecular complexity index is 462. The van der Waals surface area contributed by atoms with Gasteiger partial charge >= 0.3 is 0 Å². The van der Waals surface area contributed by atoms with Crippen LogP contribution in [0.1, 0.15) is 31.4 Å². The zero-order chi connectivity index (χ0) is 15.2. The molecule has 0 saturated carbocycles. The highest BCUT2D eigenvalue weighted by Gasteiger charge is 2.20. The number of benzene rings is 1. The number of rotatable bonds is 5. The minimum atomic E-state index is 0.268. The Morgan fingerprint density at radius 2 is 1.90 bits per heavy atom. The second-order valence-electron chi connectivity index (χ2n) is 6.57. The van der Waals surface area contributed by atoms with Crippen molar-refractivity contribution >= 4 is 5.91 Å². The number of carbonyl (C=O) groups excluding carboxylic acids is 1. The smallest absolute Gasteiger partial charge is 0.227 e. The zero-order valence-electron chi connectivity index (χ0n) is 13.6. The molecule has 0 aliphatic carbocycles. The average molecular weight is 288 g/mol. The molecule has 0 radical (unpaired) electrons. The second-order valence-corrected chi connectivity index (χ2v) is 6.57. The fourth-order valence-electron chi connectivity index (χ4n) is 2.77. The van der Waals surface area contributed by atoms with E-state index in [0.717, 1.165) is 44.2 Å². The van der Waals surface area contributed by atoms with Crippen molar-refractivity contribution in [1.82, 2.24) is 9.80 Å². The van der Waals surface area contributed by atoms with E-state index in [1.807, 2.05) is 17.0 Å². The monoisotopic (exact) mass is 288 g/mol. The van der Waals surface area contributed by atoms with Crippen molar-refractivity contribution in [3.05, 3.63) is 35.4 Å². The van der Waals surface area contributed by atoms with Crippen LogP contribution in [-0.4, -0.2) is 48.4 Å². The van der Waals surface area contributed by atoms with E-state index in [0.29, 0.717) is 6.42 Å². The van der Waals surface area contributed by atoms with Crippen molar-refractivity contribution < 1.29 is 4.79 Å². The van der Waals surface area contributed by atoms with Crippen LogP contribution in [0.4, 0.5) is 0 Å². The summed E-state index contributed by atoms with van der Waals surface area (Å²) in [5.74, 6) is 1.02. The molecule has 0 spiro atoms. The number of hydrogen-bond donors (Lipinski definition) is 0. The molecule has 0 unspecified atom stereocenters. The lowest BCUT2D eigenvalue weighted by Crippen LogP contribution is -2.49. The van der Waals surface area contributed by atoms with Gasteiger partial charge in [0.25, 0.3) is 0 Å². The summed E-state index contributed by atoms with van der Waals surface area (Å²) in [6.07, 6.45) is 1.78. The summed E-state index contributed by atoms with van der Waals surface area (Å²) < 4.78 is 0. The van der Waals surface area contributed by atoms with Gasteiger partial charge in [0, 0.05) is 26.2 Å². The van der Waals surface area contributed by atoms with Gasteiger partial charge in [-0.25, -0.2) is 0 Å². The number of piperazine rings is 1. The largest absolute Gasteiger partial charge is 0.340 e. The van der Waals surface area contributed by atoms with Crippen LogP contribution in [0, 0.1) is 12.8 Å². The van der Waals surface area contributed by atoms with Crippen LogP contribution in [0.3, 0.4) is 0 Å². The molecule has 1 amide bonds. The van der Waals surface area contributed by atoms with Gasteiger partial charge in [-0.05, 0) is 31.4 Å². The Hall–Kier alpha value is -1.35. The number of nitrogens with zero attached hydrogens (tertiary/aromatic N) is 2. The third kappa shape index (κ3) is 5.16. The molecule has 1 aromatic rings. The molecule has 116 valence electrons. The average Bonchev–Trinajstić information content (AvgIpc) is 2.45. The summed E-state index contributed by atoms with van der Waals surface area (Å²) in [6.45, 7) is 11.6. The lowest BCUT2D eigenvalue weighted by molar-refractivity contribution is -0.132. The maximum absolute atomic E-state index is 12.4. The lowest BCUT2D eigenvalue weighted by Gasteiger charge is -2.35. The quantitative estimate of drug-likeness (QED) is 0.832. The molecule has 1 aliphatic heterocycles. The maximum Gasteiger partial charge on any atom is 0.227 e. The molecule has 0 bridgehead atoms. The maximum atomic E-state index is 12.4. The fourth-order valence-corrected chi connectivity index (χ4v) is 2.77. The van der Waals surface area contributed by atoms with Crippen LogP contribution in [0.2, 0.25) is 0 Å². The Kier molecular flexibility index (Phi) is 5.80. The predicted molar refractivity (Wildman–Crippen MR) is 87.4 cm³/mol. The Balaban J connectivity index is 1.78. The van der Waals surface area contributed by atoms with E-state index >= 15 is 0 Å². The number of aryl methyl sites for hydroxylation is 1. The summed E-state index contributed by atoms with van der Waals surface area (Å²) in [4.78, 5) is 16.9. The molecule has 0 aromatic heterocycles. The van der Waals surface area contributed by atoms with Crippen LogP contribution >= 0.6 is 0 Å². The van der Waals surface area contributed by atoms with E-state index in [4.69, 9.17) is 0 Å². The highest BCUT2D eigenvalue weighted by Crippen LogP contribution is 2.10. The zero-order valence-corrected chi connectivity index (χ0v) is 13.6. The Labute approximate surface area is 128 Å². The van der Waals surface area contributed by atoms with Gasteiger partial charge in [0.15, 0.2) is 0 Å². The molecular weight excluding hydrogens is 260 g/mol. The summed E-state index contributed by atoms with van der Waals surface area (Å²) in [5, 5.41) is 0. The molecule has 0 atom stereocenters. The lowest BCUT2D eigenvalue weighted by atomic mass is 10.1. The summed E-state index contributed by atoms with van der Waals surface area (Å²) in [6, 6.07) is 8.25. The number of amides is 1. The molecule has 3 nitrogen and oxygen atoms in total. The first kappa shape index (κ1) is 16.0. The second kappa shape index (κ2) is 7.60. The van der Waals surface area contributed by atoms with Gasteiger partial charge in [-0.1, -0.05) is 43.7 Å². The number of carbonyl (C=O) groups is 1. The van der Waals surface area contributed by atoms with Crippen LogP contribution in [0.25, 0.3) is 0 Å². The first-order valence-electron chi connectivity index (χ1n) is 8.10. The van der Waals surface area contributed by atoms with Crippen LogP contribution in [0.5, 0.6) is 0 Å². The van der Waals surface area contributed by atoms with Gasteiger partial charge < -0.3 is 4.90 Å². The molecule has 3 heteroatoms. The first-order valence-corrected chi connectivity index (χ1v) is 8.10. The van der Waals surface area contributed by atoms with E-state index in [1.165, 1.54) is 12.0 Å². The Morgan fingerprint density at radius 3 is 2.52 bits per heavy atom. The van der Waals surface area contributed by atoms with E-state index in [-0.39, 0.29) is 5.91 Å². The summed E-state index contributed by atoms with van der Waals surface area (Å²) >= 11 is 0. The predicted octanol–water partition coefficient (Wildman–Crippen LogP) is 2.73. The molecule has 0 N–H and O–H groups in total. The van der Waals surface area contributed by atoms with E-state index in [1.54, 1.807) is 0 Å². The fraction of sp³-hybridized carbons (Fsp3) is 0.611. The van der Waals surface area contributed by atoms with Gasteiger partial charge in [-0.15, -0.1) is 0 Å². The molecule has 1 fully saturated rings. The molecule has 1 saturated heterocycles. The van der Waals surface area contributed by atoms with Gasteiger partial charge in [-0.3, -0.25) is 9.69 Å². The molecule has 1 aromatic carbocycles. The highest BCUT2D eigenvalue weighted by atomic mass is 16.2. The van der Waals surface area contributed by atoms with Crippen LogP contribution in [-0.2, 0) is 11.2 Å². The van der Waals surface area contributed by atoms with E-state index in [9.17, 15) is 4.79 Å². The topological polar surface area (TPSA) is 23.6 Å². The molecule has 21 heavy (non-hydrogen) atoms. The van der Waals surface area contributed by atoms with Crippen LogP contribution in [0.15, 0.2) is 24.3 Å². The van der Waals surface area contributed by atoms with Crippen molar-refractivity contribution in [3.63, 3.8) is 0 Å². The summed E-state index contributed by atoms with van der Waals surface area (Å²) in [7, 11) is 0. The standard InChI is InChI=1S/C18H28N2O/c1-15(2)7-8-19-9-11-20(12-10-19)18(21)14-17-6-4-5-16(3)13-17/h4-6,13,15H,7-12,14H2,1-3H3. The third-order valence-corrected chi connectivity index (χ3v) is 4.19. The van der Waals surface area contributed by atoms with Gasteiger partial charge in [-0.2, -0.15) is 0 Å². The van der Waals surface area contributed by atoms with Crippen molar-refractivity contribution in [2.45, 2.75) is 33.6 Å². The van der Waals surface area contributed by atoms with Gasteiger partial charge in [0.1, 0.15) is 0 Å². The number of hydrogen-bond acceptors (Lipinski definition) is 2. The van der Waals surface area contributed by atoms with E-state index < -0.39 is 0 Å². The minimum Gasteiger partial charge on any atom is -0.340 e. The van der Waals surface area contributed by atoms with Crippen molar-refractivity contribution in [2.24, 2.45) is 5.92 Å². The normalized spacial score (nSPS) is 16.5. The molecule has 1 aliphatic rings. The van der Waals surface area contributed by atoms with Crippen molar-refractivity contribution in [3.8, 4) is 0 Å². The van der Waals surface area contributed by atoms with E-state index in [2.05, 4.69) is 37.8 Å². The summed E-state index contributed by atoms with van der Waals surface area (Å²) in [5.41, 5.74) is 2.35. The molecule has 1 heterocycles. The van der Waals surface area contributed by atoms with Gasteiger partial charge in [0.05, 0.1) is 6.42 Å². The van der Waals surface area contributed by atoms with Crippen LogP contribution < -0.4 is 0 Å². The van der Waals surface area contributed by atoms with Crippen molar-refractivity contribution in [2.75, 3.05) is 32.7 Å². The molecular formula is C18H28N2O. The third-order valence-electron chi connectivity index (χ3n) is 4.19. The molecule has 2 rings (SSSR count). The first-order chi connectivity index (χ1) is 10.0.